The summed E-state index contributed by atoms with van der Waals surface area (Å²) in [6, 6.07) is 11.0. The van der Waals surface area contributed by atoms with Crippen LogP contribution in [0.3, 0.4) is 0 Å². The average molecular weight is 386 g/mol. The van der Waals surface area contributed by atoms with Gasteiger partial charge in [-0.25, -0.2) is 22.3 Å². The van der Waals surface area contributed by atoms with Crippen molar-refractivity contribution >= 4 is 15.7 Å². The lowest BCUT2D eigenvalue weighted by Gasteiger charge is -2.28. The molecule has 0 saturated carbocycles. The van der Waals surface area contributed by atoms with Gasteiger partial charge in [-0.2, -0.15) is 4.31 Å². The van der Waals surface area contributed by atoms with E-state index in [4.69, 9.17) is 0 Å². The van der Waals surface area contributed by atoms with Crippen LogP contribution in [0, 0.1) is 5.92 Å². The van der Waals surface area contributed by atoms with Crippen LogP contribution in [0.25, 0.3) is 5.65 Å². The van der Waals surface area contributed by atoms with Crippen molar-refractivity contribution in [1.29, 1.82) is 0 Å². The molecule has 0 spiro atoms. The predicted octanol–water partition coefficient (Wildman–Crippen LogP) is 1.90. The van der Waals surface area contributed by atoms with Crippen molar-refractivity contribution in [2.45, 2.75) is 38.3 Å². The summed E-state index contributed by atoms with van der Waals surface area (Å²) in [6.07, 6.45) is 2.24. The topological polar surface area (TPSA) is 76.7 Å². The van der Waals surface area contributed by atoms with Gasteiger partial charge in [-0.05, 0) is 35.6 Å². The maximum Gasteiger partial charge on any atom is 0.350 e. The Hall–Kier alpha value is -2.45. The van der Waals surface area contributed by atoms with E-state index in [0.29, 0.717) is 26.1 Å². The normalized spacial score (nSPS) is 15.4. The summed E-state index contributed by atoms with van der Waals surface area (Å²) in [4.78, 5) is 12.6. The van der Waals surface area contributed by atoms with Crippen LogP contribution in [-0.4, -0.2) is 33.4 Å². The van der Waals surface area contributed by atoms with Gasteiger partial charge in [0.1, 0.15) is 4.90 Å². The number of hydrogen-bond donors (Lipinski definition) is 0. The van der Waals surface area contributed by atoms with Gasteiger partial charge in [-0.3, -0.25) is 0 Å². The summed E-state index contributed by atoms with van der Waals surface area (Å²) in [6.45, 7) is 5.16. The number of aromatic nitrogens is 3. The highest BCUT2D eigenvalue weighted by molar-refractivity contribution is 7.89. The minimum atomic E-state index is -3.77. The Morgan fingerprint density at radius 1 is 1.11 bits per heavy atom. The molecule has 1 aromatic carbocycles. The molecule has 1 aliphatic heterocycles. The highest BCUT2D eigenvalue weighted by Gasteiger charge is 2.31. The molecule has 0 bridgehead atoms. The lowest BCUT2D eigenvalue weighted by atomic mass is 10.0. The van der Waals surface area contributed by atoms with E-state index in [1.807, 2.05) is 38.1 Å². The highest BCUT2D eigenvalue weighted by atomic mass is 32.2. The molecule has 0 fully saturated rings. The van der Waals surface area contributed by atoms with Gasteiger partial charge in [-0.1, -0.05) is 38.1 Å². The SMILES string of the molecule is CC(C)Cn1nc2c(S(=O)(=O)N3CCc4ccccc4C3)cccn2c1=O. The highest BCUT2D eigenvalue weighted by Crippen LogP contribution is 2.26. The molecule has 3 aromatic rings. The second-order valence-corrected chi connectivity index (χ2v) is 9.19. The molecule has 142 valence electrons. The number of fused-ring (bicyclic) bond motifs is 2. The molecule has 1 aliphatic rings. The lowest BCUT2D eigenvalue weighted by molar-refractivity contribution is 0.391. The van der Waals surface area contributed by atoms with Gasteiger partial charge in [-0.15, -0.1) is 5.10 Å². The van der Waals surface area contributed by atoms with Crippen LogP contribution in [0.15, 0.2) is 52.3 Å². The zero-order valence-corrected chi connectivity index (χ0v) is 16.2. The molecule has 3 heterocycles. The molecule has 2 aromatic heterocycles. The van der Waals surface area contributed by atoms with E-state index in [9.17, 15) is 13.2 Å². The summed E-state index contributed by atoms with van der Waals surface area (Å²) < 4.78 is 30.7. The summed E-state index contributed by atoms with van der Waals surface area (Å²) in [5, 5.41) is 4.32. The van der Waals surface area contributed by atoms with Gasteiger partial charge in [0.15, 0.2) is 5.65 Å². The fourth-order valence-electron chi connectivity index (χ4n) is 3.49. The van der Waals surface area contributed by atoms with Crippen molar-refractivity contribution in [2.24, 2.45) is 5.92 Å². The van der Waals surface area contributed by atoms with E-state index in [0.717, 1.165) is 5.56 Å². The van der Waals surface area contributed by atoms with Gasteiger partial charge in [0.05, 0.1) is 0 Å². The third-order valence-electron chi connectivity index (χ3n) is 4.83. The molecule has 4 rings (SSSR count). The van der Waals surface area contributed by atoms with Crippen LogP contribution in [0.2, 0.25) is 0 Å². The number of rotatable bonds is 4. The Bertz CT molecular complexity index is 1160. The number of hydrogen-bond acceptors (Lipinski definition) is 4. The van der Waals surface area contributed by atoms with Crippen molar-refractivity contribution < 1.29 is 8.42 Å². The van der Waals surface area contributed by atoms with Gasteiger partial charge >= 0.3 is 5.69 Å². The third kappa shape index (κ3) is 3.08. The Kier molecular flexibility index (Phi) is 4.39. The number of nitrogens with zero attached hydrogens (tertiary/aromatic N) is 4. The molecule has 0 aliphatic carbocycles. The fraction of sp³-hybridized carbons (Fsp3) is 0.368. The van der Waals surface area contributed by atoms with Crippen molar-refractivity contribution in [3.05, 3.63) is 64.2 Å². The molecule has 0 atom stereocenters. The standard InChI is InChI=1S/C19H22N4O3S/c1-14(2)12-23-19(24)22-10-5-8-17(18(22)20-23)27(25,26)21-11-9-15-6-3-4-7-16(15)13-21/h3-8,10,14H,9,11-13H2,1-2H3. The van der Waals surface area contributed by atoms with Crippen LogP contribution in [-0.2, 0) is 29.5 Å². The molecular formula is C19H22N4O3S. The van der Waals surface area contributed by atoms with E-state index >= 15 is 0 Å². The monoisotopic (exact) mass is 386 g/mol. The largest absolute Gasteiger partial charge is 0.350 e. The van der Waals surface area contributed by atoms with Crippen LogP contribution in [0.4, 0.5) is 0 Å². The minimum Gasteiger partial charge on any atom is -0.249 e. The third-order valence-corrected chi connectivity index (χ3v) is 6.69. The first-order valence-corrected chi connectivity index (χ1v) is 10.5. The summed E-state index contributed by atoms with van der Waals surface area (Å²) in [5.41, 5.74) is 2.06. The van der Waals surface area contributed by atoms with E-state index in [1.54, 1.807) is 12.3 Å². The minimum absolute atomic E-state index is 0.0731. The Balaban J connectivity index is 1.78. The van der Waals surface area contributed by atoms with Crippen LogP contribution in [0.1, 0.15) is 25.0 Å². The first-order chi connectivity index (χ1) is 12.9. The van der Waals surface area contributed by atoms with E-state index in [2.05, 4.69) is 5.10 Å². The molecule has 0 saturated heterocycles. The summed E-state index contributed by atoms with van der Waals surface area (Å²) in [5.74, 6) is 0.228. The number of pyridine rings is 1. The Labute approximate surface area is 157 Å². The van der Waals surface area contributed by atoms with E-state index in [1.165, 1.54) is 25.0 Å². The quantitative estimate of drug-likeness (QED) is 0.686. The zero-order chi connectivity index (χ0) is 19.2. The molecule has 0 unspecified atom stereocenters. The van der Waals surface area contributed by atoms with Crippen LogP contribution >= 0.6 is 0 Å². The number of sulfonamides is 1. The van der Waals surface area contributed by atoms with Crippen molar-refractivity contribution in [3.63, 3.8) is 0 Å². The smallest absolute Gasteiger partial charge is 0.249 e. The maximum atomic E-state index is 13.3. The fourth-order valence-corrected chi connectivity index (χ4v) is 5.03. The van der Waals surface area contributed by atoms with Crippen molar-refractivity contribution in [3.8, 4) is 0 Å². The van der Waals surface area contributed by atoms with Gasteiger partial charge in [0.2, 0.25) is 10.0 Å². The Morgan fingerprint density at radius 3 is 2.59 bits per heavy atom. The first-order valence-electron chi connectivity index (χ1n) is 9.03. The summed E-state index contributed by atoms with van der Waals surface area (Å²) in [7, 11) is -3.77. The van der Waals surface area contributed by atoms with Gasteiger partial charge in [0, 0.05) is 25.8 Å². The molecule has 7 nitrogen and oxygen atoms in total. The lowest BCUT2D eigenvalue weighted by Crippen LogP contribution is -2.36. The predicted molar refractivity (Wildman–Crippen MR) is 102 cm³/mol. The second-order valence-electron chi connectivity index (χ2n) is 7.28. The van der Waals surface area contributed by atoms with E-state index in [-0.39, 0.29) is 22.2 Å². The maximum absolute atomic E-state index is 13.3. The van der Waals surface area contributed by atoms with Crippen LogP contribution in [0.5, 0.6) is 0 Å². The van der Waals surface area contributed by atoms with Gasteiger partial charge < -0.3 is 0 Å². The average Bonchev–Trinajstić information content (AvgIpc) is 2.96. The first kappa shape index (κ1) is 17.9. The van der Waals surface area contributed by atoms with E-state index < -0.39 is 10.0 Å². The zero-order valence-electron chi connectivity index (χ0n) is 15.4. The van der Waals surface area contributed by atoms with Crippen molar-refractivity contribution in [2.75, 3.05) is 6.54 Å². The van der Waals surface area contributed by atoms with Crippen LogP contribution < -0.4 is 5.69 Å². The molecule has 0 N–H and O–H groups in total. The molecule has 8 heteroatoms. The number of benzene rings is 1. The summed E-state index contributed by atoms with van der Waals surface area (Å²) >= 11 is 0. The molecule has 27 heavy (non-hydrogen) atoms. The van der Waals surface area contributed by atoms with Crippen molar-refractivity contribution in [1.82, 2.24) is 18.5 Å². The second kappa shape index (κ2) is 6.61. The molecule has 0 radical (unpaired) electrons. The molecule has 0 amide bonds. The van der Waals surface area contributed by atoms with Gasteiger partial charge in [0.25, 0.3) is 0 Å². The molecular weight excluding hydrogens is 364 g/mol. The Morgan fingerprint density at radius 2 is 1.85 bits per heavy atom.